The molecule has 1 heterocycles. The summed E-state index contributed by atoms with van der Waals surface area (Å²) in [7, 11) is 1.54. The van der Waals surface area contributed by atoms with Gasteiger partial charge in [-0.05, 0) is 36.8 Å². The first kappa shape index (κ1) is 16.4. The number of anilines is 1. The summed E-state index contributed by atoms with van der Waals surface area (Å²) < 4.78 is 10.2. The molecule has 0 aliphatic heterocycles. The lowest BCUT2D eigenvalue weighted by Crippen LogP contribution is -2.36. The lowest BCUT2D eigenvalue weighted by atomic mass is 10.2. The van der Waals surface area contributed by atoms with Crippen LogP contribution in [-0.2, 0) is 0 Å². The molecule has 0 saturated carbocycles. The van der Waals surface area contributed by atoms with E-state index in [2.05, 4.69) is 16.0 Å². The maximum atomic E-state index is 11.8. The molecule has 1 aromatic carbocycles. The minimum Gasteiger partial charge on any atom is -0.495 e. The molecule has 0 radical (unpaired) electrons. The second kappa shape index (κ2) is 7.88. The van der Waals surface area contributed by atoms with E-state index in [0.717, 1.165) is 5.56 Å². The Morgan fingerprint density at radius 2 is 1.96 bits per heavy atom. The van der Waals surface area contributed by atoms with Crippen LogP contribution in [0.25, 0.3) is 0 Å². The van der Waals surface area contributed by atoms with Crippen LogP contribution in [0.2, 0.25) is 0 Å². The van der Waals surface area contributed by atoms with Crippen LogP contribution >= 0.6 is 0 Å². The van der Waals surface area contributed by atoms with Crippen LogP contribution in [0, 0.1) is 6.92 Å². The molecule has 23 heavy (non-hydrogen) atoms. The number of ether oxygens (including phenoxy) is 1. The van der Waals surface area contributed by atoms with Gasteiger partial charge in [0.25, 0.3) is 5.91 Å². The van der Waals surface area contributed by atoms with Gasteiger partial charge in [-0.25, -0.2) is 4.79 Å². The number of hydrogen-bond acceptors (Lipinski definition) is 4. The fourth-order valence-electron chi connectivity index (χ4n) is 1.92. The third kappa shape index (κ3) is 4.77. The summed E-state index contributed by atoms with van der Waals surface area (Å²) in [6.07, 6.45) is 1.43. The summed E-state index contributed by atoms with van der Waals surface area (Å²) >= 11 is 0. The Hall–Kier alpha value is -2.96. The van der Waals surface area contributed by atoms with Crippen molar-refractivity contribution in [2.24, 2.45) is 0 Å². The van der Waals surface area contributed by atoms with E-state index in [-0.39, 0.29) is 30.8 Å². The number of benzene rings is 1. The third-order valence-electron chi connectivity index (χ3n) is 3.05. The van der Waals surface area contributed by atoms with Gasteiger partial charge in [0.15, 0.2) is 5.76 Å². The van der Waals surface area contributed by atoms with Crippen molar-refractivity contribution in [1.82, 2.24) is 10.6 Å². The highest BCUT2D eigenvalue weighted by molar-refractivity contribution is 5.92. The standard InChI is InChI=1S/C16H19N3O4/c1-11-5-6-12(14(10-11)22-2)19-16(21)18-8-7-17-15(20)13-4-3-9-23-13/h3-6,9-10H,7-8H2,1-2H3,(H,17,20)(H2,18,19,21). The monoisotopic (exact) mass is 317 g/mol. The highest BCUT2D eigenvalue weighted by atomic mass is 16.5. The number of urea groups is 1. The second-order valence-electron chi connectivity index (χ2n) is 4.82. The summed E-state index contributed by atoms with van der Waals surface area (Å²) in [6, 6.07) is 8.31. The van der Waals surface area contributed by atoms with E-state index in [0.29, 0.717) is 11.4 Å². The molecule has 0 aliphatic rings. The average Bonchev–Trinajstić information content (AvgIpc) is 3.07. The summed E-state index contributed by atoms with van der Waals surface area (Å²) in [6.45, 7) is 2.51. The lowest BCUT2D eigenvalue weighted by Gasteiger charge is -2.12. The number of rotatable bonds is 6. The van der Waals surface area contributed by atoms with Crippen molar-refractivity contribution in [1.29, 1.82) is 0 Å². The highest BCUT2D eigenvalue weighted by Crippen LogP contribution is 2.24. The summed E-state index contributed by atoms with van der Waals surface area (Å²) in [4.78, 5) is 23.4. The van der Waals surface area contributed by atoms with Gasteiger partial charge in [-0.3, -0.25) is 4.79 Å². The summed E-state index contributed by atoms with van der Waals surface area (Å²) in [5.41, 5.74) is 1.61. The molecule has 3 amide bonds. The number of aryl methyl sites for hydroxylation is 1. The number of furan rings is 1. The first-order valence-corrected chi connectivity index (χ1v) is 7.11. The molecule has 7 nitrogen and oxygen atoms in total. The maximum Gasteiger partial charge on any atom is 0.319 e. The van der Waals surface area contributed by atoms with Gasteiger partial charge in [0, 0.05) is 13.1 Å². The molecule has 0 aliphatic carbocycles. The zero-order valence-electron chi connectivity index (χ0n) is 13.0. The molecule has 0 fully saturated rings. The average molecular weight is 317 g/mol. The topological polar surface area (TPSA) is 92.6 Å². The molecule has 0 saturated heterocycles. The normalized spacial score (nSPS) is 10.0. The number of hydrogen-bond donors (Lipinski definition) is 3. The number of nitrogens with one attached hydrogen (secondary N) is 3. The van der Waals surface area contributed by atoms with Crippen LogP contribution in [0.1, 0.15) is 16.1 Å². The Labute approximate surface area is 134 Å². The molecule has 0 bridgehead atoms. The molecule has 2 aromatic rings. The Balaban J connectivity index is 1.74. The van der Waals surface area contributed by atoms with Crippen molar-refractivity contribution in [3.8, 4) is 5.75 Å². The predicted octanol–water partition coefficient (Wildman–Crippen LogP) is 2.15. The third-order valence-corrected chi connectivity index (χ3v) is 3.05. The van der Waals surface area contributed by atoms with Crippen LogP contribution in [-0.4, -0.2) is 32.1 Å². The fraction of sp³-hybridized carbons (Fsp3) is 0.250. The van der Waals surface area contributed by atoms with Crippen molar-refractivity contribution in [3.63, 3.8) is 0 Å². The Morgan fingerprint density at radius 3 is 2.65 bits per heavy atom. The molecule has 0 atom stereocenters. The van der Waals surface area contributed by atoms with Gasteiger partial charge >= 0.3 is 6.03 Å². The van der Waals surface area contributed by atoms with Gasteiger partial charge in [0.2, 0.25) is 0 Å². The van der Waals surface area contributed by atoms with E-state index in [4.69, 9.17) is 9.15 Å². The largest absolute Gasteiger partial charge is 0.495 e. The van der Waals surface area contributed by atoms with E-state index in [1.54, 1.807) is 25.3 Å². The summed E-state index contributed by atoms with van der Waals surface area (Å²) in [5.74, 6) is 0.502. The maximum absolute atomic E-state index is 11.8. The van der Waals surface area contributed by atoms with E-state index < -0.39 is 0 Å². The fourth-order valence-corrected chi connectivity index (χ4v) is 1.92. The molecule has 122 valence electrons. The predicted molar refractivity (Wildman–Crippen MR) is 85.8 cm³/mol. The summed E-state index contributed by atoms with van der Waals surface area (Å²) in [5, 5.41) is 7.98. The smallest absolute Gasteiger partial charge is 0.319 e. The van der Waals surface area contributed by atoms with Gasteiger partial charge in [0.05, 0.1) is 19.1 Å². The van der Waals surface area contributed by atoms with Crippen molar-refractivity contribution >= 4 is 17.6 Å². The van der Waals surface area contributed by atoms with Gasteiger partial charge in [-0.15, -0.1) is 0 Å². The van der Waals surface area contributed by atoms with Crippen molar-refractivity contribution in [2.75, 3.05) is 25.5 Å². The van der Waals surface area contributed by atoms with E-state index in [1.165, 1.54) is 6.26 Å². The van der Waals surface area contributed by atoms with Gasteiger partial charge in [0.1, 0.15) is 5.75 Å². The molecule has 0 spiro atoms. The van der Waals surface area contributed by atoms with E-state index in [9.17, 15) is 9.59 Å². The first-order chi connectivity index (χ1) is 11.1. The van der Waals surface area contributed by atoms with Crippen LogP contribution in [0.3, 0.4) is 0 Å². The molecule has 2 rings (SSSR count). The minimum atomic E-state index is -0.376. The number of amides is 3. The second-order valence-corrected chi connectivity index (χ2v) is 4.82. The zero-order valence-corrected chi connectivity index (χ0v) is 13.0. The van der Waals surface area contributed by atoms with Crippen molar-refractivity contribution in [3.05, 3.63) is 47.9 Å². The van der Waals surface area contributed by atoms with Crippen molar-refractivity contribution < 1.29 is 18.7 Å². The quantitative estimate of drug-likeness (QED) is 0.712. The number of methoxy groups -OCH3 is 1. The van der Waals surface area contributed by atoms with Crippen molar-refractivity contribution in [2.45, 2.75) is 6.92 Å². The Kier molecular flexibility index (Phi) is 5.62. The Bertz CT molecular complexity index is 668. The number of carbonyl (C=O) groups excluding carboxylic acids is 2. The van der Waals surface area contributed by atoms with Crippen LogP contribution in [0.4, 0.5) is 10.5 Å². The molecular formula is C16H19N3O4. The van der Waals surface area contributed by atoms with Gasteiger partial charge in [-0.1, -0.05) is 6.07 Å². The van der Waals surface area contributed by atoms with E-state index in [1.807, 2.05) is 19.1 Å². The molecule has 0 unspecified atom stereocenters. The van der Waals surface area contributed by atoms with Crippen LogP contribution in [0.5, 0.6) is 5.75 Å². The van der Waals surface area contributed by atoms with Gasteiger partial charge < -0.3 is 25.1 Å². The first-order valence-electron chi connectivity index (χ1n) is 7.11. The minimum absolute atomic E-state index is 0.235. The molecule has 1 aromatic heterocycles. The lowest BCUT2D eigenvalue weighted by molar-refractivity contribution is 0.0926. The molecule has 7 heteroatoms. The SMILES string of the molecule is COc1cc(C)ccc1NC(=O)NCCNC(=O)c1ccco1. The van der Waals surface area contributed by atoms with Crippen LogP contribution < -0.4 is 20.7 Å². The Morgan fingerprint density at radius 1 is 1.17 bits per heavy atom. The molecular weight excluding hydrogens is 298 g/mol. The highest BCUT2D eigenvalue weighted by Gasteiger charge is 2.09. The van der Waals surface area contributed by atoms with Gasteiger partial charge in [-0.2, -0.15) is 0 Å². The zero-order chi connectivity index (χ0) is 16.7. The molecule has 3 N–H and O–H groups in total. The number of carbonyl (C=O) groups is 2. The van der Waals surface area contributed by atoms with Crippen LogP contribution in [0.15, 0.2) is 41.0 Å². The van der Waals surface area contributed by atoms with E-state index >= 15 is 0 Å².